The van der Waals surface area contributed by atoms with E-state index in [2.05, 4.69) is 106 Å². The molecule has 0 saturated carbocycles. The minimum absolute atomic E-state index is 0.103. The highest BCUT2D eigenvalue weighted by Gasteiger charge is 2.28. The van der Waals surface area contributed by atoms with Crippen molar-refractivity contribution in [3.05, 3.63) is 84.9 Å². The summed E-state index contributed by atoms with van der Waals surface area (Å²) in [6.07, 6.45) is 0.979. The molecule has 0 aliphatic carbocycles. The van der Waals surface area contributed by atoms with E-state index in [0.29, 0.717) is 0 Å². The molecular formula is C23H25OS+. The van der Waals surface area contributed by atoms with Crippen molar-refractivity contribution in [3.8, 4) is 5.75 Å². The molecule has 0 N–H and O–H groups in total. The fourth-order valence-electron chi connectivity index (χ4n) is 2.56. The SMILES string of the molecule is CCC(C)(C)Oc1ccc([S+](c2ccccc2)c2ccccc2)cc1. The number of hydrogen-bond donors (Lipinski definition) is 0. The first-order chi connectivity index (χ1) is 12.1. The average Bonchev–Trinajstić information content (AvgIpc) is 2.65. The van der Waals surface area contributed by atoms with Crippen LogP contribution in [-0.4, -0.2) is 5.60 Å². The lowest BCUT2D eigenvalue weighted by atomic mass is 10.1. The molecule has 0 amide bonds. The Morgan fingerprint density at radius 2 is 1.12 bits per heavy atom. The van der Waals surface area contributed by atoms with Crippen LogP contribution in [0, 0.1) is 0 Å². The third-order valence-corrected chi connectivity index (χ3v) is 6.49. The molecule has 2 heteroatoms. The van der Waals surface area contributed by atoms with Gasteiger partial charge in [-0.3, -0.25) is 0 Å². The number of hydrogen-bond acceptors (Lipinski definition) is 1. The molecule has 0 spiro atoms. The van der Waals surface area contributed by atoms with Crippen molar-refractivity contribution in [1.29, 1.82) is 0 Å². The van der Waals surface area contributed by atoms with Gasteiger partial charge in [0.25, 0.3) is 0 Å². The Labute approximate surface area is 154 Å². The third-order valence-electron chi connectivity index (χ3n) is 4.26. The van der Waals surface area contributed by atoms with E-state index in [0.717, 1.165) is 12.2 Å². The molecule has 3 aromatic carbocycles. The first-order valence-corrected chi connectivity index (χ1v) is 9.95. The Hall–Kier alpha value is -2.19. The van der Waals surface area contributed by atoms with Gasteiger partial charge < -0.3 is 4.74 Å². The topological polar surface area (TPSA) is 9.23 Å². The van der Waals surface area contributed by atoms with Crippen LogP contribution in [-0.2, 0) is 10.9 Å². The van der Waals surface area contributed by atoms with Gasteiger partial charge in [-0.1, -0.05) is 43.3 Å². The molecule has 0 bridgehead atoms. The van der Waals surface area contributed by atoms with Gasteiger partial charge in [0.15, 0.2) is 14.7 Å². The van der Waals surface area contributed by atoms with Crippen LogP contribution < -0.4 is 4.74 Å². The summed E-state index contributed by atoms with van der Waals surface area (Å²) >= 11 is 0. The van der Waals surface area contributed by atoms with Crippen LogP contribution in [0.25, 0.3) is 0 Å². The summed E-state index contributed by atoms with van der Waals surface area (Å²) in [5.74, 6) is 0.931. The van der Waals surface area contributed by atoms with Crippen LogP contribution in [0.4, 0.5) is 0 Å². The lowest BCUT2D eigenvalue weighted by Crippen LogP contribution is -2.26. The van der Waals surface area contributed by atoms with E-state index >= 15 is 0 Å². The van der Waals surface area contributed by atoms with Gasteiger partial charge in [-0.05, 0) is 68.8 Å². The maximum atomic E-state index is 6.10. The van der Waals surface area contributed by atoms with Gasteiger partial charge in [0, 0.05) is 0 Å². The highest BCUT2D eigenvalue weighted by Crippen LogP contribution is 2.32. The predicted molar refractivity (Wildman–Crippen MR) is 106 cm³/mol. The first-order valence-electron chi connectivity index (χ1n) is 8.72. The third kappa shape index (κ3) is 4.46. The van der Waals surface area contributed by atoms with Crippen molar-refractivity contribution in [2.45, 2.75) is 47.5 Å². The molecule has 0 atom stereocenters. The zero-order chi connectivity index (χ0) is 17.7. The Bertz CT molecular complexity index is 740. The Balaban J connectivity index is 1.95. The van der Waals surface area contributed by atoms with E-state index in [1.807, 2.05) is 0 Å². The molecule has 128 valence electrons. The summed E-state index contributed by atoms with van der Waals surface area (Å²) < 4.78 is 6.10. The van der Waals surface area contributed by atoms with Gasteiger partial charge in [-0.25, -0.2) is 0 Å². The highest BCUT2D eigenvalue weighted by atomic mass is 32.2. The van der Waals surface area contributed by atoms with Crippen molar-refractivity contribution in [1.82, 2.24) is 0 Å². The maximum Gasteiger partial charge on any atom is 0.166 e. The summed E-state index contributed by atoms with van der Waals surface area (Å²) in [5, 5.41) is 0. The van der Waals surface area contributed by atoms with Gasteiger partial charge in [-0.15, -0.1) is 0 Å². The van der Waals surface area contributed by atoms with Crippen LogP contribution in [0.3, 0.4) is 0 Å². The molecule has 0 fully saturated rings. The summed E-state index contributed by atoms with van der Waals surface area (Å²) in [6, 6.07) is 30.0. The Morgan fingerprint density at radius 1 is 0.680 bits per heavy atom. The number of ether oxygens (including phenoxy) is 1. The molecule has 1 nitrogen and oxygen atoms in total. The van der Waals surface area contributed by atoms with E-state index in [1.54, 1.807) is 0 Å². The fourth-order valence-corrected chi connectivity index (χ4v) is 4.64. The minimum Gasteiger partial charge on any atom is -0.488 e. The molecule has 0 heterocycles. The summed E-state index contributed by atoms with van der Waals surface area (Å²) in [4.78, 5) is 3.96. The molecule has 3 rings (SSSR count). The van der Waals surface area contributed by atoms with Crippen LogP contribution in [0.15, 0.2) is 99.6 Å². The lowest BCUT2D eigenvalue weighted by molar-refractivity contribution is 0.105. The number of rotatable bonds is 6. The quantitative estimate of drug-likeness (QED) is 0.471. The lowest BCUT2D eigenvalue weighted by Gasteiger charge is -2.24. The van der Waals surface area contributed by atoms with Crippen molar-refractivity contribution in [3.63, 3.8) is 0 Å². The molecule has 0 aromatic heterocycles. The Kier molecular flexibility index (Phi) is 5.50. The fraction of sp³-hybridized carbons (Fsp3) is 0.217. The average molecular weight is 350 g/mol. The maximum absolute atomic E-state index is 6.10. The van der Waals surface area contributed by atoms with E-state index < -0.39 is 0 Å². The van der Waals surface area contributed by atoms with Crippen molar-refractivity contribution < 1.29 is 4.74 Å². The van der Waals surface area contributed by atoms with E-state index in [-0.39, 0.29) is 16.5 Å². The number of benzene rings is 3. The molecule has 0 radical (unpaired) electrons. The van der Waals surface area contributed by atoms with Gasteiger partial charge in [0.05, 0.1) is 10.9 Å². The second-order valence-electron chi connectivity index (χ2n) is 6.62. The van der Waals surface area contributed by atoms with E-state index in [1.165, 1.54) is 14.7 Å². The molecule has 0 aliphatic heterocycles. The summed E-state index contributed by atoms with van der Waals surface area (Å²) in [6.45, 7) is 6.40. The summed E-state index contributed by atoms with van der Waals surface area (Å²) in [7, 11) is -0.103. The highest BCUT2D eigenvalue weighted by molar-refractivity contribution is 7.97. The molecule has 3 aromatic rings. The smallest absolute Gasteiger partial charge is 0.166 e. The van der Waals surface area contributed by atoms with Crippen LogP contribution >= 0.6 is 0 Å². The van der Waals surface area contributed by atoms with Crippen LogP contribution in [0.5, 0.6) is 5.75 Å². The normalized spacial score (nSPS) is 11.5. The molecule has 0 saturated heterocycles. The molecule has 0 aliphatic rings. The zero-order valence-electron chi connectivity index (χ0n) is 15.1. The van der Waals surface area contributed by atoms with Crippen molar-refractivity contribution in [2.75, 3.05) is 0 Å². The second-order valence-corrected chi connectivity index (χ2v) is 8.65. The first kappa shape index (κ1) is 17.6. The molecular weight excluding hydrogens is 324 g/mol. The van der Waals surface area contributed by atoms with Crippen molar-refractivity contribution in [2.24, 2.45) is 0 Å². The van der Waals surface area contributed by atoms with Gasteiger partial charge >= 0.3 is 0 Å². The van der Waals surface area contributed by atoms with Crippen LogP contribution in [0.2, 0.25) is 0 Å². The second kappa shape index (κ2) is 7.79. The zero-order valence-corrected chi connectivity index (χ0v) is 15.9. The van der Waals surface area contributed by atoms with E-state index in [4.69, 9.17) is 4.74 Å². The van der Waals surface area contributed by atoms with Gasteiger partial charge in [-0.2, -0.15) is 0 Å². The minimum atomic E-state index is -0.137. The van der Waals surface area contributed by atoms with Crippen molar-refractivity contribution >= 4 is 10.9 Å². The monoisotopic (exact) mass is 349 g/mol. The van der Waals surface area contributed by atoms with E-state index in [9.17, 15) is 0 Å². The van der Waals surface area contributed by atoms with Crippen LogP contribution in [0.1, 0.15) is 27.2 Å². The standard InChI is InChI=1S/C23H25OS/c1-4-23(2,3)24-19-15-17-22(18-16-19)25(20-11-7-5-8-12-20)21-13-9-6-10-14-21/h5-18H,4H2,1-3H3/q+1. The Morgan fingerprint density at radius 3 is 1.56 bits per heavy atom. The molecule has 25 heavy (non-hydrogen) atoms. The van der Waals surface area contributed by atoms with Gasteiger partial charge in [0.1, 0.15) is 11.4 Å². The largest absolute Gasteiger partial charge is 0.488 e. The summed E-state index contributed by atoms with van der Waals surface area (Å²) in [5.41, 5.74) is -0.137. The predicted octanol–water partition coefficient (Wildman–Crippen LogP) is 6.35. The van der Waals surface area contributed by atoms with Gasteiger partial charge in [0.2, 0.25) is 0 Å². The molecule has 0 unspecified atom stereocenters.